The number of carboxylic acid groups (broad SMARTS) is 1. The first-order chi connectivity index (χ1) is 9.58. The average molecular weight is 301 g/mol. The Morgan fingerprint density at radius 1 is 1.48 bits per heavy atom. The Balaban J connectivity index is 2.61. The summed E-state index contributed by atoms with van der Waals surface area (Å²) in [4.78, 5) is 35.6. The van der Waals surface area contributed by atoms with E-state index in [-0.39, 0.29) is 25.6 Å². The third-order valence-corrected chi connectivity index (χ3v) is 2.96. The molecule has 2 atom stereocenters. The predicted molar refractivity (Wildman–Crippen MR) is 74.6 cm³/mol. The summed E-state index contributed by atoms with van der Waals surface area (Å²) in [6.45, 7) is 5.11. The Kier molecular flexibility index (Phi) is 5.54. The van der Waals surface area contributed by atoms with Crippen LogP contribution >= 0.6 is 0 Å². The number of ether oxygens (including phenoxy) is 1. The summed E-state index contributed by atoms with van der Waals surface area (Å²) in [5.41, 5.74) is 5.15. The molecule has 4 N–H and O–H groups in total. The van der Waals surface area contributed by atoms with Crippen molar-refractivity contribution in [3.05, 3.63) is 0 Å². The molecular weight excluding hydrogens is 278 g/mol. The van der Waals surface area contributed by atoms with Crippen molar-refractivity contribution in [1.29, 1.82) is 0 Å². The molecule has 0 aliphatic carbocycles. The standard InChI is InChI=1S/C13H23N3O5/c1-13(2,3)21-12(20)15-8-4-5-16(7-10(17)18)11(19)9(14)6-8/h8-9H,4-7,14H2,1-3H3,(H,15,20)(H,17,18)/t8-,9+/m1/s1. The number of nitrogens with two attached hydrogens (primary N) is 1. The number of nitrogens with one attached hydrogen (secondary N) is 1. The maximum absolute atomic E-state index is 11.9. The van der Waals surface area contributed by atoms with E-state index in [0.717, 1.165) is 0 Å². The van der Waals surface area contributed by atoms with E-state index in [1.54, 1.807) is 20.8 Å². The van der Waals surface area contributed by atoms with Crippen LogP contribution in [0.2, 0.25) is 0 Å². The van der Waals surface area contributed by atoms with E-state index < -0.39 is 29.6 Å². The van der Waals surface area contributed by atoms with E-state index in [1.165, 1.54) is 4.90 Å². The van der Waals surface area contributed by atoms with Crippen molar-refractivity contribution in [2.45, 2.75) is 51.3 Å². The molecule has 1 rings (SSSR count). The molecule has 0 spiro atoms. The molecule has 0 aromatic carbocycles. The second kappa shape index (κ2) is 6.75. The number of carboxylic acids is 1. The molecule has 2 amide bonds. The number of nitrogens with zero attached hydrogens (tertiary/aromatic N) is 1. The minimum absolute atomic E-state index is 0.235. The smallest absolute Gasteiger partial charge is 0.407 e. The summed E-state index contributed by atoms with van der Waals surface area (Å²) < 4.78 is 5.15. The Hall–Kier alpha value is -1.83. The lowest BCUT2D eigenvalue weighted by atomic mass is 10.1. The van der Waals surface area contributed by atoms with Gasteiger partial charge in [-0.15, -0.1) is 0 Å². The van der Waals surface area contributed by atoms with Gasteiger partial charge in [0.1, 0.15) is 12.1 Å². The molecule has 120 valence electrons. The van der Waals surface area contributed by atoms with Crippen molar-refractivity contribution in [3.8, 4) is 0 Å². The summed E-state index contributed by atoms with van der Waals surface area (Å²) in [5.74, 6) is -1.50. The molecule has 0 bridgehead atoms. The zero-order valence-corrected chi connectivity index (χ0v) is 12.6. The number of carbonyl (C=O) groups excluding carboxylic acids is 2. The van der Waals surface area contributed by atoms with E-state index in [2.05, 4.69) is 5.32 Å². The van der Waals surface area contributed by atoms with Crippen molar-refractivity contribution >= 4 is 18.0 Å². The molecule has 0 saturated carbocycles. The van der Waals surface area contributed by atoms with E-state index in [4.69, 9.17) is 15.6 Å². The van der Waals surface area contributed by atoms with Gasteiger partial charge in [-0.3, -0.25) is 9.59 Å². The van der Waals surface area contributed by atoms with Crippen molar-refractivity contribution in [3.63, 3.8) is 0 Å². The van der Waals surface area contributed by atoms with Crippen molar-refractivity contribution in [2.75, 3.05) is 13.1 Å². The Morgan fingerprint density at radius 2 is 2.10 bits per heavy atom. The van der Waals surface area contributed by atoms with Crippen LogP contribution in [0.1, 0.15) is 33.6 Å². The molecule has 1 aliphatic heterocycles. The molecule has 0 aromatic heterocycles. The van der Waals surface area contributed by atoms with E-state index in [9.17, 15) is 14.4 Å². The van der Waals surface area contributed by atoms with Gasteiger partial charge in [-0.05, 0) is 33.6 Å². The highest BCUT2D eigenvalue weighted by Crippen LogP contribution is 2.13. The Bertz CT molecular complexity index is 419. The van der Waals surface area contributed by atoms with Crippen molar-refractivity contribution in [2.24, 2.45) is 5.73 Å². The van der Waals surface area contributed by atoms with Gasteiger partial charge in [0.05, 0.1) is 6.04 Å². The summed E-state index contributed by atoms with van der Waals surface area (Å²) in [6.07, 6.45) is 0.124. The molecule has 0 aromatic rings. The number of carbonyl (C=O) groups is 3. The van der Waals surface area contributed by atoms with Crippen LogP contribution in [0.5, 0.6) is 0 Å². The molecule has 1 heterocycles. The van der Waals surface area contributed by atoms with Crippen LogP contribution < -0.4 is 11.1 Å². The Morgan fingerprint density at radius 3 is 2.62 bits per heavy atom. The minimum Gasteiger partial charge on any atom is -0.480 e. The maximum atomic E-state index is 11.9. The van der Waals surface area contributed by atoms with Crippen LogP contribution in [0.15, 0.2) is 0 Å². The summed E-state index contributed by atoms with van der Waals surface area (Å²) in [7, 11) is 0. The molecule has 1 aliphatic rings. The second-order valence-electron chi connectivity index (χ2n) is 6.13. The summed E-state index contributed by atoms with van der Waals surface area (Å²) >= 11 is 0. The minimum atomic E-state index is -1.09. The average Bonchev–Trinajstić information content (AvgIpc) is 2.40. The van der Waals surface area contributed by atoms with Gasteiger partial charge in [-0.1, -0.05) is 0 Å². The van der Waals surface area contributed by atoms with Crippen molar-refractivity contribution in [1.82, 2.24) is 10.2 Å². The quantitative estimate of drug-likeness (QED) is 0.670. The highest BCUT2D eigenvalue weighted by Gasteiger charge is 2.31. The monoisotopic (exact) mass is 301 g/mol. The first-order valence-electron chi connectivity index (χ1n) is 6.84. The molecule has 1 fully saturated rings. The first-order valence-corrected chi connectivity index (χ1v) is 6.84. The van der Waals surface area contributed by atoms with Crippen LogP contribution in [0.4, 0.5) is 4.79 Å². The highest BCUT2D eigenvalue weighted by atomic mass is 16.6. The van der Waals surface area contributed by atoms with Gasteiger partial charge in [0.15, 0.2) is 0 Å². The zero-order valence-electron chi connectivity index (χ0n) is 12.6. The first kappa shape index (κ1) is 17.2. The molecule has 8 nitrogen and oxygen atoms in total. The largest absolute Gasteiger partial charge is 0.480 e. The van der Waals surface area contributed by atoms with Crippen molar-refractivity contribution < 1.29 is 24.2 Å². The molecule has 8 heteroatoms. The number of likely N-dealkylation sites (tertiary alicyclic amines) is 1. The molecule has 0 radical (unpaired) electrons. The summed E-state index contributed by atoms with van der Waals surface area (Å²) in [6, 6.07) is -1.15. The number of hydrogen-bond donors (Lipinski definition) is 3. The fourth-order valence-corrected chi connectivity index (χ4v) is 2.11. The highest BCUT2D eigenvalue weighted by molar-refractivity contribution is 5.85. The lowest BCUT2D eigenvalue weighted by Gasteiger charge is -2.23. The molecule has 21 heavy (non-hydrogen) atoms. The third kappa shape index (κ3) is 5.99. The number of amides is 2. The van der Waals surface area contributed by atoms with Gasteiger partial charge in [-0.2, -0.15) is 0 Å². The van der Waals surface area contributed by atoms with E-state index >= 15 is 0 Å². The van der Waals surface area contributed by atoms with E-state index in [0.29, 0.717) is 6.42 Å². The van der Waals surface area contributed by atoms with Gasteiger partial charge in [0, 0.05) is 12.6 Å². The molecule has 1 saturated heterocycles. The SMILES string of the molecule is CC(C)(C)OC(=O)N[C@@H]1CCN(CC(=O)O)C(=O)[C@@H](N)C1. The number of rotatable bonds is 3. The lowest BCUT2D eigenvalue weighted by Crippen LogP contribution is -2.45. The van der Waals surface area contributed by atoms with Gasteiger partial charge in [-0.25, -0.2) is 4.79 Å². The normalized spacial score (nSPS) is 23.4. The van der Waals surface area contributed by atoms with Crippen LogP contribution in [-0.4, -0.2) is 58.8 Å². The van der Waals surface area contributed by atoms with Crippen LogP contribution in [0.3, 0.4) is 0 Å². The fraction of sp³-hybridized carbons (Fsp3) is 0.769. The van der Waals surface area contributed by atoms with E-state index in [1.807, 2.05) is 0 Å². The van der Waals surface area contributed by atoms with Crippen LogP contribution in [0.25, 0.3) is 0 Å². The molecule has 0 unspecified atom stereocenters. The second-order valence-corrected chi connectivity index (χ2v) is 6.13. The van der Waals surface area contributed by atoms with Crippen LogP contribution in [-0.2, 0) is 14.3 Å². The number of aliphatic carboxylic acids is 1. The summed E-state index contributed by atoms with van der Waals surface area (Å²) in [5, 5.41) is 11.4. The van der Waals surface area contributed by atoms with Gasteiger partial charge in [0.2, 0.25) is 5.91 Å². The van der Waals surface area contributed by atoms with Gasteiger partial charge < -0.3 is 25.8 Å². The topological polar surface area (TPSA) is 122 Å². The number of alkyl carbamates (subject to hydrolysis) is 1. The molecular formula is C13H23N3O5. The fourth-order valence-electron chi connectivity index (χ4n) is 2.11. The number of hydrogen-bond acceptors (Lipinski definition) is 5. The third-order valence-electron chi connectivity index (χ3n) is 2.96. The Labute approximate surface area is 123 Å². The zero-order chi connectivity index (χ0) is 16.2. The maximum Gasteiger partial charge on any atom is 0.407 e. The van der Waals surface area contributed by atoms with Gasteiger partial charge in [0.25, 0.3) is 0 Å². The van der Waals surface area contributed by atoms with Crippen LogP contribution in [0, 0.1) is 0 Å². The lowest BCUT2D eigenvalue weighted by molar-refractivity contribution is -0.144. The predicted octanol–water partition coefficient (Wildman–Crippen LogP) is -0.0860. The van der Waals surface area contributed by atoms with Gasteiger partial charge >= 0.3 is 12.1 Å².